The van der Waals surface area contributed by atoms with Gasteiger partial charge in [-0.15, -0.1) is 0 Å². The van der Waals surface area contributed by atoms with E-state index in [0.717, 1.165) is 50.6 Å². The Morgan fingerprint density at radius 2 is 2.26 bits per heavy atom. The van der Waals surface area contributed by atoms with Crippen molar-refractivity contribution in [1.29, 1.82) is 0 Å². The number of aryl methyl sites for hydroxylation is 2. The summed E-state index contributed by atoms with van der Waals surface area (Å²) in [5.41, 5.74) is 3.67. The summed E-state index contributed by atoms with van der Waals surface area (Å²) in [6.07, 6.45) is 3.49. The highest BCUT2D eigenvalue weighted by atomic mass is 16.5. The average molecular weight is 321 g/mol. The standard InChI is InChI=1S/C17H31N5O/c1-6-18-17(19-11-15-8-7-9-23-15)20-12(2)10-16-13(3)21-22(5)14(16)4/h12,15H,6-11H2,1-5H3,(H2,18,19,20). The molecule has 0 amide bonds. The molecule has 1 aromatic rings. The van der Waals surface area contributed by atoms with Crippen LogP contribution in [0.15, 0.2) is 4.99 Å². The third-order valence-electron chi connectivity index (χ3n) is 4.37. The normalized spacial score (nSPS) is 19.9. The maximum atomic E-state index is 5.64. The molecular weight excluding hydrogens is 290 g/mol. The van der Waals surface area contributed by atoms with Crippen LogP contribution in [0.3, 0.4) is 0 Å². The molecule has 0 saturated carbocycles. The summed E-state index contributed by atoms with van der Waals surface area (Å²) in [6, 6.07) is 0.291. The number of rotatable bonds is 6. The van der Waals surface area contributed by atoms with Crippen molar-refractivity contribution in [3.8, 4) is 0 Å². The number of guanidine groups is 1. The van der Waals surface area contributed by atoms with Crippen LogP contribution in [-0.4, -0.2) is 47.6 Å². The quantitative estimate of drug-likeness (QED) is 0.618. The van der Waals surface area contributed by atoms with E-state index in [9.17, 15) is 0 Å². The molecule has 0 aliphatic carbocycles. The lowest BCUT2D eigenvalue weighted by Gasteiger charge is -2.18. The molecule has 130 valence electrons. The molecule has 6 nitrogen and oxygen atoms in total. The van der Waals surface area contributed by atoms with Crippen molar-refractivity contribution in [2.24, 2.45) is 12.0 Å². The number of hydrogen-bond donors (Lipinski definition) is 2. The first-order valence-electron chi connectivity index (χ1n) is 8.66. The SMILES string of the molecule is CCNC(=NCC1CCCO1)NC(C)Cc1c(C)nn(C)c1C. The van der Waals surface area contributed by atoms with Gasteiger partial charge in [0.2, 0.25) is 0 Å². The zero-order chi connectivity index (χ0) is 16.8. The second kappa shape index (κ2) is 8.34. The van der Waals surface area contributed by atoms with E-state index in [-0.39, 0.29) is 6.10 Å². The van der Waals surface area contributed by atoms with Crippen LogP contribution in [0.25, 0.3) is 0 Å². The van der Waals surface area contributed by atoms with Crippen LogP contribution in [0, 0.1) is 13.8 Å². The zero-order valence-corrected chi connectivity index (χ0v) is 15.1. The van der Waals surface area contributed by atoms with Crippen LogP contribution < -0.4 is 10.6 Å². The number of aromatic nitrogens is 2. The first-order valence-corrected chi connectivity index (χ1v) is 8.66. The minimum absolute atomic E-state index is 0.281. The fraction of sp³-hybridized carbons (Fsp3) is 0.765. The highest BCUT2D eigenvalue weighted by molar-refractivity contribution is 5.80. The average Bonchev–Trinajstić information content (AvgIpc) is 3.10. The zero-order valence-electron chi connectivity index (χ0n) is 15.1. The highest BCUT2D eigenvalue weighted by Gasteiger charge is 2.16. The van der Waals surface area contributed by atoms with E-state index < -0.39 is 0 Å². The molecule has 23 heavy (non-hydrogen) atoms. The molecule has 6 heteroatoms. The molecule has 0 bridgehead atoms. The minimum Gasteiger partial charge on any atom is -0.376 e. The number of ether oxygens (including phenoxy) is 1. The van der Waals surface area contributed by atoms with E-state index in [4.69, 9.17) is 4.74 Å². The van der Waals surface area contributed by atoms with E-state index >= 15 is 0 Å². The topological polar surface area (TPSA) is 63.5 Å². The first-order chi connectivity index (χ1) is 11.0. The second-order valence-corrected chi connectivity index (χ2v) is 6.38. The lowest BCUT2D eigenvalue weighted by atomic mass is 10.1. The maximum absolute atomic E-state index is 5.64. The molecule has 0 radical (unpaired) electrons. The van der Waals surface area contributed by atoms with Crippen molar-refractivity contribution >= 4 is 5.96 Å². The van der Waals surface area contributed by atoms with Gasteiger partial charge in [-0.3, -0.25) is 9.67 Å². The number of aliphatic imine (C=N–C) groups is 1. The Kier molecular flexibility index (Phi) is 6.45. The van der Waals surface area contributed by atoms with E-state index in [1.165, 1.54) is 11.3 Å². The summed E-state index contributed by atoms with van der Waals surface area (Å²) >= 11 is 0. The Morgan fingerprint density at radius 1 is 1.48 bits per heavy atom. The minimum atomic E-state index is 0.281. The molecule has 2 unspecified atom stereocenters. The van der Waals surface area contributed by atoms with Crippen molar-refractivity contribution < 1.29 is 4.74 Å². The van der Waals surface area contributed by atoms with Gasteiger partial charge in [0, 0.05) is 31.9 Å². The molecule has 0 spiro atoms. The van der Waals surface area contributed by atoms with E-state index in [0.29, 0.717) is 6.04 Å². The number of nitrogens with one attached hydrogen (secondary N) is 2. The molecule has 1 fully saturated rings. The van der Waals surface area contributed by atoms with Crippen molar-refractivity contribution in [3.05, 3.63) is 17.0 Å². The Morgan fingerprint density at radius 3 is 2.83 bits per heavy atom. The Bertz CT molecular complexity index is 531. The van der Waals surface area contributed by atoms with E-state index in [2.05, 4.69) is 48.4 Å². The van der Waals surface area contributed by atoms with Crippen molar-refractivity contribution in [3.63, 3.8) is 0 Å². The molecule has 1 aliphatic heterocycles. The third kappa shape index (κ3) is 4.96. The molecule has 2 N–H and O–H groups in total. The van der Waals surface area contributed by atoms with Gasteiger partial charge < -0.3 is 15.4 Å². The smallest absolute Gasteiger partial charge is 0.191 e. The summed E-state index contributed by atoms with van der Waals surface area (Å²) in [6.45, 7) is 10.9. The Balaban J connectivity index is 1.93. The molecule has 2 atom stereocenters. The van der Waals surface area contributed by atoms with Gasteiger partial charge in [0.15, 0.2) is 5.96 Å². The predicted octanol–water partition coefficient (Wildman–Crippen LogP) is 1.70. The lowest BCUT2D eigenvalue weighted by molar-refractivity contribution is 0.117. The summed E-state index contributed by atoms with van der Waals surface area (Å²) in [5, 5.41) is 11.3. The van der Waals surface area contributed by atoms with E-state index in [1.807, 2.05) is 11.7 Å². The van der Waals surface area contributed by atoms with E-state index in [1.54, 1.807) is 0 Å². The van der Waals surface area contributed by atoms with Gasteiger partial charge >= 0.3 is 0 Å². The van der Waals surface area contributed by atoms with Crippen LogP contribution in [-0.2, 0) is 18.2 Å². The third-order valence-corrected chi connectivity index (χ3v) is 4.37. The monoisotopic (exact) mass is 321 g/mol. The van der Waals surface area contributed by atoms with Gasteiger partial charge in [0.25, 0.3) is 0 Å². The summed E-state index contributed by atoms with van der Waals surface area (Å²) in [5.74, 6) is 0.870. The molecule has 1 saturated heterocycles. The highest BCUT2D eigenvalue weighted by Crippen LogP contribution is 2.14. The fourth-order valence-corrected chi connectivity index (χ4v) is 3.00. The Labute approximate surface area is 139 Å². The molecule has 2 rings (SSSR count). The van der Waals surface area contributed by atoms with Crippen LogP contribution in [0.4, 0.5) is 0 Å². The Hall–Kier alpha value is -1.56. The lowest BCUT2D eigenvalue weighted by Crippen LogP contribution is -2.43. The van der Waals surface area contributed by atoms with Crippen molar-refractivity contribution in [1.82, 2.24) is 20.4 Å². The molecule has 2 heterocycles. The predicted molar refractivity (Wildman–Crippen MR) is 93.9 cm³/mol. The largest absolute Gasteiger partial charge is 0.376 e. The molecule has 1 aliphatic rings. The van der Waals surface area contributed by atoms with Crippen LogP contribution >= 0.6 is 0 Å². The summed E-state index contributed by atoms with van der Waals surface area (Å²) < 4.78 is 7.60. The van der Waals surface area contributed by atoms with Crippen molar-refractivity contribution in [2.45, 2.75) is 59.1 Å². The summed E-state index contributed by atoms with van der Waals surface area (Å²) in [7, 11) is 2.00. The van der Waals surface area contributed by atoms with Gasteiger partial charge in [0.05, 0.1) is 18.3 Å². The summed E-state index contributed by atoms with van der Waals surface area (Å²) in [4.78, 5) is 4.68. The van der Waals surface area contributed by atoms with Gasteiger partial charge in [-0.25, -0.2) is 0 Å². The van der Waals surface area contributed by atoms with Gasteiger partial charge in [-0.1, -0.05) is 0 Å². The van der Waals surface area contributed by atoms with Crippen LogP contribution in [0.2, 0.25) is 0 Å². The second-order valence-electron chi connectivity index (χ2n) is 6.38. The van der Waals surface area contributed by atoms with Crippen LogP contribution in [0.5, 0.6) is 0 Å². The molecular formula is C17H31N5O. The van der Waals surface area contributed by atoms with Gasteiger partial charge in [-0.05, 0) is 52.5 Å². The molecule has 0 aromatic carbocycles. The number of hydrogen-bond acceptors (Lipinski definition) is 3. The number of nitrogens with zero attached hydrogens (tertiary/aromatic N) is 3. The van der Waals surface area contributed by atoms with Gasteiger partial charge in [-0.2, -0.15) is 5.10 Å². The molecule has 1 aromatic heterocycles. The first kappa shape index (κ1) is 17.8. The maximum Gasteiger partial charge on any atom is 0.191 e. The van der Waals surface area contributed by atoms with Gasteiger partial charge in [0.1, 0.15) is 0 Å². The van der Waals surface area contributed by atoms with Crippen molar-refractivity contribution in [2.75, 3.05) is 19.7 Å². The fourth-order valence-electron chi connectivity index (χ4n) is 3.00. The van der Waals surface area contributed by atoms with Crippen LogP contribution in [0.1, 0.15) is 43.6 Å².